The predicted octanol–water partition coefficient (Wildman–Crippen LogP) is 1.91. The summed E-state index contributed by atoms with van der Waals surface area (Å²) in [7, 11) is -3.17. The van der Waals surface area contributed by atoms with Crippen LogP contribution in [0.15, 0.2) is 12.1 Å². The number of thiophene rings is 1. The zero-order valence-electron chi connectivity index (χ0n) is 12.2. The molecule has 0 spiro atoms. The van der Waals surface area contributed by atoms with E-state index in [9.17, 15) is 8.42 Å². The molecule has 2 N–H and O–H groups in total. The second-order valence-electron chi connectivity index (χ2n) is 5.71. The molecular weight excluding hydrogens is 292 g/mol. The molecule has 0 aromatic carbocycles. The number of nitrogens with one attached hydrogen (secondary N) is 2. The quantitative estimate of drug-likeness (QED) is 0.843. The summed E-state index contributed by atoms with van der Waals surface area (Å²) >= 11 is 1.73. The van der Waals surface area contributed by atoms with Crippen LogP contribution in [-0.2, 0) is 16.4 Å². The Morgan fingerprint density at radius 1 is 1.40 bits per heavy atom. The van der Waals surface area contributed by atoms with E-state index in [4.69, 9.17) is 0 Å². The highest BCUT2D eigenvalue weighted by molar-refractivity contribution is 7.89. The van der Waals surface area contributed by atoms with Crippen molar-refractivity contribution in [2.75, 3.05) is 18.8 Å². The van der Waals surface area contributed by atoms with Crippen LogP contribution in [0.3, 0.4) is 0 Å². The monoisotopic (exact) mass is 316 g/mol. The van der Waals surface area contributed by atoms with E-state index >= 15 is 0 Å². The zero-order chi connectivity index (χ0) is 14.6. The molecule has 1 aromatic rings. The lowest BCUT2D eigenvalue weighted by molar-refractivity contribution is 0.399. The Labute approximate surface area is 126 Å². The van der Waals surface area contributed by atoms with Gasteiger partial charge in [0.15, 0.2) is 0 Å². The van der Waals surface area contributed by atoms with Gasteiger partial charge >= 0.3 is 0 Å². The van der Waals surface area contributed by atoms with Crippen molar-refractivity contribution >= 4 is 21.4 Å². The van der Waals surface area contributed by atoms with Gasteiger partial charge in [0.05, 0.1) is 5.75 Å². The maximum atomic E-state index is 12.2. The maximum Gasteiger partial charge on any atom is 0.212 e. The van der Waals surface area contributed by atoms with Crippen LogP contribution in [-0.4, -0.2) is 33.3 Å². The first-order chi connectivity index (χ1) is 9.44. The largest absolute Gasteiger partial charge is 0.317 e. The minimum absolute atomic E-state index is 0.0419. The average Bonchev–Trinajstić information content (AvgIpc) is 2.74. The SMILES string of the molecule is Cc1ccc(CC(C)NS(=O)(=O)CC2CCNCC2)s1. The first-order valence-electron chi connectivity index (χ1n) is 7.20. The maximum absolute atomic E-state index is 12.2. The number of sulfonamides is 1. The fourth-order valence-electron chi connectivity index (χ4n) is 2.65. The molecule has 1 unspecified atom stereocenters. The minimum atomic E-state index is -3.17. The van der Waals surface area contributed by atoms with Gasteiger partial charge in [0.2, 0.25) is 10.0 Å². The Hall–Kier alpha value is -0.430. The molecule has 6 heteroatoms. The van der Waals surface area contributed by atoms with Crippen LogP contribution in [0.4, 0.5) is 0 Å². The highest BCUT2D eigenvalue weighted by Gasteiger charge is 2.22. The topological polar surface area (TPSA) is 58.2 Å². The van der Waals surface area contributed by atoms with Crippen molar-refractivity contribution in [1.29, 1.82) is 0 Å². The van der Waals surface area contributed by atoms with E-state index < -0.39 is 10.0 Å². The van der Waals surface area contributed by atoms with Crippen molar-refractivity contribution in [1.82, 2.24) is 10.0 Å². The number of hydrogen-bond acceptors (Lipinski definition) is 4. The lowest BCUT2D eigenvalue weighted by Crippen LogP contribution is -2.39. The first-order valence-corrected chi connectivity index (χ1v) is 9.67. The van der Waals surface area contributed by atoms with Gasteiger partial charge in [0.1, 0.15) is 0 Å². The van der Waals surface area contributed by atoms with Crippen molar-refractivity contribution in [3.05, 3.63) is 21.9 Å². The van der Waals surface area contributed by atoms with Crippen LogP contribution in [0.1, 0.15) is 29.5 Å². The van der Waals surface area contributed by atoms with Crippen LogP contribution >= 0.6 is 11.3 Å². The molecule has 0 radical (unpaired) electrons. The van der Waals surface area contributed by atoms with Gasteiger partial charge in [0, 0.05) is 15.8 Å². The van der Waals surface area contributed by atoms with Crippen molar-refractivity contribution in [3.63, 3.8) is 0 Å². The summed E-state index contributed by atoms with van der Waals surface area (Å²) in [4.78, 5) is 2.50. The van der Waals surface area contributed by atoms with Gasteiger partial charge in [-0.25, -0.2) is 13.1 Å². The summed E-state index contributed by atoms with van der Waals surface area (Å²) in [5.41, 5.74) is 0. The molecule has 4 nitrogen and oxygen atoms in total. The fraction of sp³-hybridized carbons (Fsp3) is 0.714. The number of aryl methyl sites for hydroxylation is 1. The lowest BCUT2D eigenvalue weighted by atomic mass is 10.0. The fourth-order valence-corrected chi connectivity index (χ4v) is 5.42. The minimum Gasteiger partial charge on any atom is -0.317 e. The number of piperidine rings is 1. The Balaban J connectivity index is 1.83. The number of rotatable bonds is 6. The zero-order valence-corrected chi connectivity index (χ0v) is 13.8. The molecule has 2 heterocycles. The summed E-state index contributed by atoms with van der Waals surface area (Å²) in [5, 5.41) is 3.26. The van der Waals surface area contributed by atoms with E-state index in [-0.39, 0.29) is 11.8 Å². The summed E-state index contributed by atoms with van der Waals surface area (Å²) in [6.07, 6.45) is 2.68. The van der Waals surface area contributed by atoms with Crippen LogP contribution in [0.5, 0.6) is 0 Å². The van der Waals surface area contributed by atoms with Gasteiger partial charge in [-0.05, 0) is 64.3 Å². The highest BCUT2D eigenvalue weighted by Crippen LogP contribution is 2.18. The van der Waals surface area contributed by atoms with Crippen LogP contribution in [0, 0.1) is 12.8 Å². The molecule has 1 fully saturated rings. The second-order valence-corrected chi connectivity index (χ2v) is 8.88. The van der Waals surface area contributed by atoms with Gasteiger partial charge in [-0.15, -0.1) is 11.3 Å². The van der Waals surface area contributed by atoms with Crippen molar-refractivity contribution < 1.29 is 8.42 Å². The molecule has 1 atom stereocenters. The van der Waals surface area contributed by atoms with Crippen LogP contribution in [0.25, 0.3) is 0 Å². The Morgan fingerprint density at radius 3 is 2.70 bits per heavy atom. The molecule has 114 valence electrons. The summed E-state index contributed by atoms with van der Waals surface area (Å²) in [5.74, 6) is 0.563. The molecule has 1 aliphatic rings. The van der Waals surface area contributed by atoms with Gasteiger partial charge in [-0.3, -0.25) is 0 Å². The Kier molecular flexibility index (Phi) is 5.60. The smallest absolute Gasteiger partial charge is 0.212 e. The highest BCUT2D eigenvalue weighted by atomic mass is 32.2. The molecule has 1 aromatic heterocycles. The van der Waals surface area contributed by atoms with E-state index in [2.05, 4.69) is 29.1 Å². The average molecular weight is 316 g/mol. The van der Waals surface area contributed by atoms with Crippen LogP contribution in [0.2, 0.25) is 0 Å². The first kappa shape index (κ1) is 15.9. The summed E-state index contributed by atoms with van der Waals surface area (Å²) < 4.78 is 27.2. The predicted molar refractivity (Wildman–Crippen MR) is 84.7 cm³/mol. The van der Waals surface area contributed by atoms with E-state index in [1.165, 1.54) is 9.75 Å². The Bertz CT molecular complexity index is 519. The molecule has 0 bridgehead atoms. The molecule has 1 aliphatic heterocycles. The van der Waals surface area contributed by atoms with Gasteiger partial charge in [-0.2, -0.15) is 0 Å². The third kappa shape index (κ3) is 5.16. The van der Waals surface area contributed by atoms with Crippen molar-refractivity contribution in [3.8, 4) is 0 Å². The Morgan fingerprint density at radius 2 is 2.10 bits per heavy atom. The molecule has 0 aliphatic carbocycles. The van der Waals surface area contributed by atoms with E-state index in [0.29, 0.717) is 5.92 Å². The second kappa shape index (κ2) is 7.02. The number of hydrogen-bond donors (Lipinski definition) is 2. The normalized spacial score (nSPS) is 19.1. The molecule has 2 rings (SSSR count). The molecule has 1 saturated heterocycles. The van der Waals surface area contributed by atoms with Crippen molar-refractivity contribution in [2.45, 2.75) is 39.2 Å². The molecule has 0 saturated carbocycles. The third-order valence-electron chi connectivity index (χ3n) is 3.60. The van der Waals surface area contributed by atoms with E-state index in [1.807, 2.05) is 6.92 Å². The third-order valence-corrected chi connectivity index (χ3v) is 6.29. The molecule has 0 amide bonds. The lowest BCUT2D eigenvalue weighted by Gasteiger charge is -2.23. The van der Waals surface area contributed by atoms with Gasteiger partial charge in [-0.1, -0.05) is 0 Å². The molecule has 20 heavy (non-hydrogen) atoms. The van der Waals surface area contributed by atoms with Gasteiger partial charge in [0.25, 0.3) is 0 Å². The van der Waals surface area contributed by atoms with Crippen molar-refractivity contribution in [2.24, 2.45) is 5.92 Å². The summed E-state index contributed by atoms with van der Waals surface area (Å²) in [6.45, 7) is 5.88. The van der Waals surface area contributed by atoms with E-state index in [0.717, 1.165) is 32.4 Å². The van der Waals surface area contributed by atoms with E-state index in [1.54, 1.807) is 11.3 Å². The van der Waals surface area contributed by atoms with Crippen LogP contribution < -0.4 is 10.0 Å². The van der Waals surface area contributed by atoms with Gasteiger partial charge < -0.3 is 5.32 Å². The standard InChI is InChI=1S/C14H24N2O2S2/c1-11(9-14-4-3-12(2)19-14)16-20(17,18)10-13-5-7-15-8-6-13/h3-4,11,13,15-16H,5-10H2,1-2H3. The summed E-state index contributed by atoms with van der Waals surface area (Å²) in [6, 6.07) is 4.12. The molecular formula is C14H24N2O2S2.